The molecule has 0 fully saturated rings. The van der Waals surface area contributed by atoms with Crippen molar-refractivity contribution >= 4 is 17.2 Å². The Labute approximate surface area is 155 Å². The molecule has 0 bridgehead atoms. The van der Waals surface area contributed by atoms with Crippen LogP contribution in [-0.2, 0) is 11.2 Å². The average molecular weight is 370 g/mol. The van der Waals surface area contributed by atoms with E-state index in [1.165, 1.54) is 11.3 Å². The minimum atomic E-state index is -0.187. The first-order valence-corrected chi connectivity index (χ1v) is 9.18. The molecule has 1 aliphatic heterocycles. The molecule has 26 heavy (non-hydrogen) atoms. The lowest BCUT2D eigenvalue weighted by molar-refractivity contribution is -0.130. The molecule has 0 spiro atoms. The Bertz CT molecular complexity index is 891. The number of fused-ring (bicyclic) bond motifs is 1. The van der Waals surface area contributed by atoms with Crippen LogP contribution in [0.25, 0.3) is 10.8 Å². The van der Waals surface area contributed by atoms with Gasteiger partial charge in [0.15, 0.2) is 28.4 Å². The third-order valence-corrected chi connectivity index (χ3v) is 4.99. The molecule has 0 radical (unpaired) electrons. The van der Waals surface area contributed by atoms with Gasteiger partial charge in [-0.05, 0) is 24.3 Å². The average Bonchev–Trinajstić information content (AvgIpc) is 3.33. The third-order valence-electron chi connectivity index (χ3n) is 4.09. The van der Waals surface area contributed by atoms with E-state index in [-0.39, 0.29) is 18.4 Å². The third kappa shape index (κ3) is 3.57. The van der Waals surface area contributed by atoms with E-state index in [2.05, 4.69) is 4.98 Å². The maximum atomic E-state index is 12.5. The van der Waals surface area contributed by atoms with Gasteiger partial charge in [0.2, 0.25) is 5.91 Å². The summed E-state index contributed by atoms with van der Waals surface area (Å²) in [4.78, 5) is 18.6. The molecule has 0 saturated carbocycles. The summed E-state index contributed by atoms with van der Waals surface area (Å²) in [7, 11) is 1.77. The first-order chi connectivity index (χ1) is 12.7. The summed E-state index contributed by atoms with van der Waals surface area (Å²) in [5.74, 6) is 2.16. The fourth-order valence-electron chi connectivity index (χ4n) is 2.75. The van der Waals surface area contributed by atoms with Gasteiger partial charge in [0.25, 0.3) is 0 Å². The standard InChI is InChI=1S/C19H18N2O4S/c1-21(10-14-11-24-15-5-2-3-6-16(15)25-14)18(22)9-13-12-26-19(20-13)17-7-4-8-23-17/h2-8,12,14H,9-11H2,1H3/t14-/m0/s1. The monoisotopic (exact) mass is 370 g/mol. The molecule has 4 rings (SSSR count). The zero-order valence-corrected chi connectivity index (χ0v) is 15.1. The van der Waals surface area contributed by atoms with Crippen molar-refractivity contribution in [3.63, 3.8) is 0 Å². The minimum absolute atomic E-state index is 0.0104. The van der Waals surface area contributed by atoms with Crippen LogP contribution >= 0.6 is 11.3 Å². The first-order valence-electron chi connectivity index (χ1n) is 8.30. The summed E-state index contributed by atoms with van der Waals surface area (Å²) < 4.78 is 16.9. The number of ether oxygens (including phenoxy) is 2. The van der Waals surface area contributed by atoms with Gasteiger partial charge in [-0.25, -0.2) is 4.98 Å². The van der Waals surface area contributed by atoms with Gasteiger partial charge in [0.1, 0.15) is 6.61 Å². The Morgan fingerprint density at radius 3 is 2.92 bits per heavy atom. The molecule has 1 atom stereocenters. The number of aromatic nitrogens is 1. The summed E-state index contributed by atoms with van der Waals surface area (Å²) >= 11 is 1.47. The van der Waals surface area contributed by atoms with Gasteiger partial charge in [0, 0.05) is 12.4 Å². The van der Waals surface area contributed by atoms with Crippen LogP contribution in [0.3, 0.4) is 0 Å². The number of amides is 1. The Hall–Kier alpha value is -2.80. The topological polar surface area (TPSA) is 64.8 Å². The second-order valence-corrected chi connectivity index (χ2v) is 6.93. The summed E-state index contributed by atoms with van der Waals surface area (Å²) in [6.45, 7) is 0.885. The highest BCUT2D eigenvalue weighted by Gasteiger charge is 2.24. The SMILES string of the molecule is CN(C[C@H]1COc2ccccc2O1)C(=O)Cc1csc(-c2ccco2)n1. The molecule has 3 heterocycles. The minimum Gasteiger partial charge on any atom is -0.486 e. The fourth-order valence-corrected chi connectivity index (χ4v) is 3.54. The number of likely N-dealkylation sites (N-methyl/N-ethyl adjacent to an activating group) is 1. The van der Waals surface area contributed by atoms with E-state index in [4.69, 9.17) is 13.9 Å². The number of rotatable bonds is 5. The van der Waals surface area contributed by atoms with Crippen LogP contribution in [0.1, 0.15) is 5.69 Å². The van der Waals surface area contributed by atoms with Crippen LogP contribution in [0, 0.1) is 0 Å². The summed E-state index contributed by atoms with van der Waals surface area (Å²) in [5.41, 5.74) is 0.740. The van der Waals surface area contributed by atoms with Crippen LogP contribution in [0.15, 0.2) is 52.5 Å². The first kappa shape index (κ1) is 16.7. The van der Waals surface area contributed by atoms with Gasteiger partial charge in [-0.15, -0.1) is 11.3 Å². The van der Waals surface area contributed by atoms with Gasteiger partial charge in [-0.1, -0.05) is 12.1 Å². The van der Waals surface area contributed by atoms with E-state index in [1.54, 1.807) is 18.2 Å². The van der Waals surface area contributed by atoms with Crippen molar-refractivity contribution in [2.45, 2.75) is 12.5 Å². The lowest BCUT2D eigenvalue weighted by Gasteiger charge is -2.29. The molecule has 1 amide bonds. The summed E-state index contributed by atoms with van der Waals surface area (Å²) in [6.07, 6.45) is 1.67. The molecule has 6 nitrogen and oxygen atoms in total. The van der Waals surface area contributed by atoms with Gasteiger partial charge in [0.05, 0.1) is 24.9 Å². The number of hydrogen-bond acceptors (Lipinski definition) is 6. The highest BCUT2D eigenvalue weighted by Crippen LogP contribution is 2.31. The second-order valence-electron chi connectivity index (χ2n) is 6.07. The highest BCUT2D eigenvalue weighted by molar-refractivity contribution is 7.13. The van der Waals surface area contributed by atoms with Crippen LogP contribution in [-0.4, -0.2) is 42.1 Å². The van der Waals surface area contributed by atoms with Crippen LogP contribution in [0.2, 0.25) is 0 Å². The zero-order chi connectivity index (χ0) is 17.9. The molecule has 3 aromatic rings. The number of para-hydroxylation sites is 2. The van der Waals surface area contributed by atoms with E-state index in [0.29, 0.717) is 24.7 Å². The van der Waals surface area contributed by atoms with Crippen molar-refractivity contribution in [3.05, 3.63) is 53.7 Å². The Balaban J connectivity index is 1.34. The van der Waals surface area contributed by atoms with Gasteiger partial charge in [-0.3, -0.25) is 4.79 Å². The summed E-state index contributed by atoms with van der Waals surface area (Å²) in [6, 6.07) is 11.2. The fraction of sp³-hybridized carbons (Fsp3) is 0.263. The lowest BCUT2D eigenvalue weighted by atomic mass is 10.2. The molecule has 0 aliphatic carbocycles. The molecule has 1 aromatic carbocycles. The number of furan rings is 1. The smallest absolute Gasteiger partial charge is 0.228 e. The normalized spacial score (nSPS) is 15.7. The van der Waals surface area contributed by atoms with Crippen LogP contribution < -0.4 is 9.47 Å². The van der Waals surface area contributed by atoms with Crippen LogP contribution in [0.4, 0.5) is 0 Å². The van der Waals surface area contributed by atoms with E-state index >= 15 is 0 Å². The Morgan fingerprint density at radius 1 is 1.27 bits per heavy atom. The number of benzene rings is 1. The second kappa shape index (κ2) is 7.21. The maximum absolute atomic E-state index is 12.5. The van der Waals surface area contributed by atoms with Gasteiger partial charge in [-0.2, -0.15) is 0 Å². The van der Waals surface area contributed by atoms with Gasteiger partial charge < -0.3 is 18.8 Å². The molecule has 2 aromatic heterocycles. The number of carbonyl (C=O) groups is 1. The largest absolute Gasteiger partial charge is 0.486 e. The van der Waals surface area contributed by atoms with Crippen molar-refractivity contribution in [2.24, 2.45) is 0 Å². The number of hydrogen-bond donors (Lipinski definition) is 0. The van der Waals surface area contributed by atoms with Crippen LogP contribution in [0.5, 0.6) is 11.5 Å². The molecule has 134 valence electrons. The van der Waals surface area contributed by atoms with E-state index in [0.717, 1.165) is 16.5 Å². The molecule has 7 heteroatoms. The Kier molecular flexibility index (Phi) is 4.62. The number of thiazole rings is 1. The van der Waals surface area contributed by atoms with Gasteiger partial charge >= 0.3 is 0 Å². The van der Waals surface area contributed by atoms with Crippen molar-refractivity contribution in [1.82, 2.24) is 9.88 Å². The molecule has 0 N–H and O–H groups in total. The van der Waals surface area contributed by atoms with E-state index < -0.39 is 0 Å². The van der Waals surface area contributed by atoms with E-state index in [1.807, 2.05) is 41.8 Å². The number of carbonyl (C=O) groups excluding carboxylic acids is 1. The molecule has 0 unspecified atom stereocenters. The lowest BCUT2D eigenvalue weighted by Crippen LogP contribution is -2.42. The predicted molar refractivity (Wildman–Crippen MR) is 97.5 cm³/mol. The molecular weight excluding hydrogens is 352 g/mol. The van der Waals surface area contributed by atoms with Crippen molar-refractivity contribution in [1.29, 1.82) is 0 Å². The zero-order valence-electron chi connectivity index (χ0n) is 14.3. The van der Waals surface area contributed by atoms with E-state index in [9.17, 15) is 4.79 Å². The number of nitrogens with zero attached hydrogens (tertiary/aromatic N) is 2. The van der Waals surface area contributed by atoms with Crippen molar-refractivity contribution < 1.29 is 18.7 Å². The molecule has 1 aliphatic rings. The molecule has 0 saturated heterocycles. The Morgan fingerprint density at radius 2 is 2.12 bits per heavy atom. The highest BCUT2D eigenvalue weighted by atomic mass is 32.1. The predicted octanol–water partition coefficient (Wildman–Crippen LogP) is 3.24. The molecular formula is C19H18N2O4S. The van der Waals surface area contributed by atoms with Crippen molar-refractivity contribution in [3.8, 4) is 22.3 Å². The maximum Gasteiger partial charge on any atom is 0.228 e. The quantitative estimate of drug-likeness (QED) is 0.690. The van der Waals surface area contributed by atoms with Crippen molar-refractivity contribution in [2.75, 3.05) is 20.2 Å². The summed E-state index contributed by atoms with van der Waals surface area (Å²) in [5, 5.41) is 2.67.